The van der Waals surface area contributed by atoms with Crippen molar-refractivity contribution in [3.63, 3.8) is 0 Å². The topological polar surface area (TPSA) is 105 Å². The summed E-state index contributed by atoms with van der Waals surface area (Å²) in [5, 5.41) is 3.24. The molecule has 0 unspecified atom stereocenters. The van der Waals surface area contributed by atoms with Crippen molar-refractivity contribution in [2.24, 2.45) is 0 Å². The highest BCUT2D eigenvalue weighted by molar-refractivity contribution is 6.11. The molecule has 0 saturated heterocycles. The molecular formula is C52H34O8. The van der Waals surface area contributed by atoms with Crippen molar-refractivity contribution in [2.45, 2.75) is 0 Å². The van der Waals surface area contributed by atoms with E-state index in [0.29, 0.717) is 33.4 Å². The maximum atomic E-state index is 13.6. The minimum atomic E-state index is -0.691. The Morgan fingerprint density at radius 3 is 1.13 bits per heavy atom. The number of hydrogen-bond acceptors (Lipinski definition) is 8. The van der Waals surface area contributed by atoms with Crippen LogP contribution in [0.2, 0.25) is 0 Å². The molecular weight excluding hydrogens is 753 g/mol. The first kappa shape index (κ1) is 38.5. The van der Waals surface area contributed by atoms with Crippen molar-refractivity contribution in [1.82, 2.24) is 0 Å². The molecule has 0 saturated carbocycles. The number of hydrogen-bond donors (Lipinski definition) is 0. The summed E-state index contributed by atoms with van der Waals surface area (Å²) in [5.74, 6) is -1.44. The SMILES string of the molecule is O=C(/C=C/c1ccccc1OC(=O)c1ccccc1)Oc1ccc2ccccc2c1-c1c(OC(=O)/C=C/c2ccccc2OC(=O)c2ccccc2)ccc2ccccc12. The molecule has 8 nitrogen and oxygen atoms in total. The molecule has 0 heterocycles. The molecule has 0 bridgehead atoms. The van der Waals surface area contributed by atoms with Crippen molar-refractivity contribution in [2.75, 3.05) is 0 Å². The molecule has 0 aliphatic heterocycles. The van der Waals surface area contributed by atoms with Gasteiger partial charge in [-0.15, -0.1) is 0 Å². The average Bonchev–Trinajstić information content (AvgIpc) is 3.29. The van der Waals surface area contributed by atoms with Crippen molar-refractivity contribution in [3.05, 3.63) is 216 Å². The summed E-state index contributed by atoms with van der Waals surface area (Å²) >= 11 is 0. The maximum absolute atomic E-state index is 13.6. The Kier molecular flexibility index (Phi) is 11.4. The highest BCUT2D eigenvalue weighted by atomic mass is 16.5. The molecule has 0 atom stereocenters. The Labute approximate surface area is 345 Å². The fraction of sp³-hybridized carbons (Fsp3) is 0. The van der Waals surface area contributed by atoms with Gasteiger partial charge in [0, 0.05) is 34.4 Å². The number of carbonyl (C=O) groups is 4. The average molecular weight is 787 g/mol. The van der Waals surface area contributed by atoms with Gasteiger partial charge in [-0.1, -0.05) is 133 Å². The van der Waals surface area contributed by atoms with Crippen LogP contribution in [0.3, 0.4) is 0 Å². The van der Waals surface area contributed by atoms with Gasteiger partial charge in [0.2, 0.25) is 0 Å². The van der Waals surface area contributed by atoms with Gasteiger partial charge in [0.1, 0.15) is 23.0 Å². The number of esters is 4. The van der Waals surface area contributed by atoms with Gasteiger partial charge in [0.25, 0.3) is 0 Å². The number of rotatable bonds is 11. The van der Waals surface area contributed by atoms with Gasteiger partial charge in [0.15, 0.2) is 0 Å². The normalized spacial score (nSPS) is 11.1. The fourth-order valence-corrected chi connectivity index (χ4v) is 6.68. The Balaban J connectivity index is 1.11. The molecule has 0 aliphatic carbocycles. The van der Waals surface area contributed by atoms with Crippen LogP contribution in [0.15, 0.2) is 194 Å². The molecule has 8 heteroatoms. The van der Waals surface area contributed by atoms with E-state index in [2.05, 4.69) is 0 Å². The first-order chi connectivity index (χ1) is 29.4. The smallest absolute Gasteiger partial charge is 0.343 e. The van der Waals surface area contributed by atoms with Crippen LogP contribution in [0.25, 0.3) is 44.8 Å². The molecule has 8 aromatic rings. The molecule has 8 aromatic carbocycles. The minimum absolute atomic E-state index is 0.227. The number of para-hydroxylation sites is 2. The van der Waals surface area contributed by atoms with Crippen molar-refractivity contribution in [3.8, 4) is 34.1 Å². The molecule has 60 heavy (non-hydrogen) atoms. The van der Waals surface area contributed by atoms with Crippen molar-refractivity contribution in [1.29, 1.82) is 0 Å². The third-order valence-corrected chi connectivity index (χ3v) is 9.51. The molecule has 0 aliphatic rings. The molecule has 0 fully saturated rings. The van der Waals surface area contributed by atoms with Crippen LogP contribution in [0, 0.1) is 0 Å². The van der Waals surface area contributed by atoms with E-state index >= 15 is 0 Å². The monoisotopic (exact) mass is 786 g/mol. The van der Waals surface area contributed by atoms with E-state index < -0.39 is 23.9 Å². The predicted octanol–water partition coefficient (Wildman–Crippen LogP) is 11.3. The zero-order valence-corrected chi connectivity index (χ0v) is 31.9. The summed E-state index contributed by atoms with van der Waals surface area (Å²) in [4.78, 5) is 52.9. The summed E-state index contributed by atoms with van der Waals surface area (Å²) in [6.07, 6.45) is 5.57. The van der Waals surface area contributed by atoms with Crippen LogP contribution in [-0.4, -0.2) is 23.9 Å². The zero-order valence-electron chi connectivity index (χ0n) is 31.9. The van der Waals surface area contributed by atoms with E-state index in [1.165, 1.54) is 24.3 Å². The molecule has 0 amide bonds. The van der Waals surface area contributed by atoms with Gasteiger partial charge in [0.05, 0.1) is 11.1 Å². The first-order valence-corrected chi connectivity index (χ1v) is 19.0. The fourth-order valence-electron chi connectivity index (χ4n) is 6.68. The van der Waals surface area contributed by atoms with E-state index in [1.54, 1.807) is 109 Å². The van der Waals surface area contributed by atoms with Gasteiger partial charge < -0.3 is 18.9 Å². The molecule has 0 spiro atoms. The standard InChI is InChI=1S/C52H34O8/c53-47(33-29-37-17-9-13-25-43(37)59-51(55)39-19-3-1-4-20-39)57-45-31-27-35-15-7-11-23-41(35)49(45)50-42-24-12-8-16-36(42)28-32-46(50)58-48(54)34-30-38-18-10-14-26-44(38)60-52(56)40-21-5-2-6-22-40/h1-34H/b33-29+,34-30+. The maximum Gasteiger partial charge on any atom is 0.343 e. The van der Waals surface area contributed by atoms with E-state index in [-0.39, 0.29) is 23.0 Å². The highest BCUT2D eigenvalue weighted by Crippen LogP contribution is 2.45. The van der Waals surface area contributed by atoms with Gasteiger partial charge >= 0.3 is 23.9 Å². The lowest BCUT2D eigenvalue weighted by Gasteiger charge is -2.18. The molecule has 0 N–H and O–H groups in total. The first-order valence-electron chi connectivity index (χ1n) is 19.0. The van der Waals surface area contributed by atoms with Crippen LogP contribution >= 0.6 is 0 Å². The Hall–Kier alpha value is -8.36. The lowest BCUT2D eigenvalue weighted by molar-refractivity contribution is -0.129. The van der Waals surface area contributed by atoms with Crippen LogP contribution in [0.5, 0.6) is 23.0 Å². The third kappa shape index (κ3) is 8.78. The minimum Gasteiger partial charge on any atom is -0.423 e. The quantitative estimate of drug-likeness (QED) is 0.0725. The van der Waals surface area contributed by atoms with Crippen molar-refractivity contribution < 1.29 is 38.1 Å². The molecule has 0 aromatic heterocycles. The van der Waals surface area contributed by atoms with Crippen LogP contribution < -0.4 is 18.9 Å². The largest absolute Gasteiger partial charge is 0.423 e. The third-order valence-electron chi connectivity index (χ3n) is 9.51. The van der Waals surface area contributed by atoms with Crippen LogP contribution in [-0.2, 0) is 9.59 Å². The van der Waals surface area contributed by atoms with Gasteiger partial charge in [-0.05, 0) is 82.2 Å². The van der Waals surface area contributed by atoms with E-state index in [4.69, 9.17) is 18.9 Å². The summed E-state index contributed by atoms with van der Waals surface area (Å²) in [6, 6.07) is 53.4. The number of fused-ring (bicyclic) bond motifs is 2. The summed E-state index contributed by atoms with van der Waals surface area (Å²) < 4.78 is 23.5. The summed E-state index contributed by atoms with van der Waals surface area (Å²) in [5.41, 5.74) is 2.83. The van der Waals surface area contributed by atoms with Gasteiger partial charge in [-0.25, -0.2) is 19.2 Å². The zero-order chi connectivity index (χ0) is 41.3. The Morgan fingerprint density at radius 1 is 0.333 bits per heavy atom. The van der Waals surface area contributed by atoms with E-state index in [1.807, 2.05) is 72.8 Å². The molecule has 8 rings (SSSR count). The van der Waals surface area contributed by atoms with Crippen LogP contribution in [0.1, 0.15) is 31.8 Å². The Morgan fingerprint density at radius 2 is 0.700 bits per heavy atom. The lowest BCUT2D eigenvalue weighted by Crippen LogP contribution is -2.09. The number of carbonyl (C=O) groups excluding carboxylic acids is 4. The predicted molar refractivity (Wildman–Crippen MR) is 232 cm³/mol. The highest BCUT2D eigenvalue weighted by Gasteiger charge is 2.22. The summed E-state index contributed by atoms with van der Waals surface area (Å²) in [6.45, 7) is 0. The van der Waals surface area contributed by atoms with Crippen LogP contribution in [0.4, 0.5) is 0 Å². The van der Waals surface area contributed by atoms with Gasteiger partial charge in [-0.3, -0.25) is 0 Å². The van der Waals surface area contributed by atoms with E-state index in [9.17, 15) is 19.2 Å². The summed E-state index contributed by atoms with van der Waals surface area (Å²) in [7, 11) is 0. The van der Waals surface area contributed by atoms with E-state index in [0.717, 1.165) is 21.5 Å². The number of benzene rings is 8. The second kappa shape index (κ2) is 17.8. The second-order valence-corrected chi connectivity index (χ2v) is 13.4. The van der Waals surface area contributed by atoms with Gasteiger partial charge in [-0.2, -0.15) is 0 Å². The molecule has 0 radical (unpaired) electrons. The molecule has 290 valence electrons. The Bertz CT molecular complexity index is 2750. The van der Waals surface area contributed by atoms with Crippen molar-refractivity contribution >= 4 is 57.6 Å². The number of ether oxygens (including phenoxy) is 4. The second-order valence-electron chi connectivity index (χ2n) is 13.4. The lowest BCUT2D eigenvalue weighted by atomic mass is 9.92.